The standard InChI is InChI=1S/C14H17FN2O3/c1-8-3-2-4-11(8)16-14(20)17-12-6-5-9(13(18)19)7-10(12)15/h5-8,11H,2-4H2,1H3,(H,18,19)(H2,16,17,20). The summed E-state index contributed by atoms with van der Waals surface area (Å²) in [6, 6.07) is 3.02. The molecule has 5 nitrogen and oxygen atoms in total. The first-order valence-electron chi connectivity index (χ1n) is 6.57. The number of halogens is 1. The van der Waals surface area contributed by atoms with E-state index in [2.05, 4.69) is 17.6 Å². The van der Waals surface area contributed by atoms with Crippen molar-refractivity contribution in [2.75, 3.05) is 5.32 Å². The number of nitrogens with one attached hydrogen (secondary N) is 2. The van der Waals surface area contributed by atoms with Crippen LogP contribution >= 0.6 is 0 Å². The smallest absolute Gasteiger partial charge is 0.335 e. The molecule has 0 aromatic heterocycles. The number of hydrogen-bond donors (Lipinski definition) is 3. The molecular formula is C14H17FN2O3. The van der Waals surface area contributed by atoms with Crippen molar-refractivity contribution in [3.63, 3.8) is 0 Å². The Morgan fingerprint density at radius 3 is 2.65 bits per heavy atom. The van der Waals surface area contributed by atoms with Gasteiger partial charge in [0.25, 0.3) is 0 Å². The molecule has 0 heterocycles. The van der Waals surface area contributed by atoms with Crippen LogP contribution in [0.2, 0.25) is 0 Å². The van der Waals surface area contributed by atoms with Crippen molar-refractivity contribution in [3.8, 4) is 0 Å². The number of anilines is 1. The quantitative estimate of drug-likeness (QED) is 0.796. The highest BCUT2D eigenvalue weighted by molar-refractivity contribution is 5.91. The first kappa shape index (κ1) is 14.3. The second kappa shape index (κ2) is 5.90. The van der Waals surface area contributed by atoms with Gasteiger partial charge in [-0.25, -0.2) is 14.0 Å². The summed E-state index contributed by atoms with van der Waals surface area (Å²) in [4.78, 5) is 22.5. The Morgan fingerprint density at radius 1 is 1.35 bits per heavy atom. The second-order valence-electron chi connectivity index (χ2n) is 5.11. The molecular weight excluding hydrogens is 263 g/mol. The molecule has 3 N–H and O–H groups in total. The van der Waals surface area contributed by atoms with Gasteiger partial charge in [0.05, 0.1) is 11.3 Å². The van der Waals surface area contributed by atoms with Gasteiger partial charge >= 0.3 is 12.0 Å². The Bertz CT molecular complexity index is 533. The van der Waals surface area contributed by atoms with Crippen molar-refractivity contribution >= 4 is 17.7 Å². The van der Waals surface area contributed by atoms with E-state index in [4.69, 9.17) is 5.11 Å². The van der Waals surface area contributed by atoms with Gasteiger partial charge in [0.15, 0.2) is 0 Å². The van der Waals surface area contributed by atoms with E-state index in [0.29, 0.717) is 5.92 Å². The average Bonchev–Trinajstić information content (AvgIpc) is 2.77. The predicted molar refractivity (Wildman–Crippen MR) is 72.3 cm³/mol. The molecule has 0 radical (unpaired) electrons. The summed E-state index contributed by atoms with van der Waals surface area (Å²) in [5.74, 6) is -1.56. The Balaban J connectivity index is 1.99. The lowest BCUT2D eigenvalue weighted by Crippen LogP contribution is -2.39. The van der Waals surface area contributed by atoms with Crippen LogP contribution in [0.1, 0.15) is 36.5 Å². The molecule has 1 aromatic carbocycles. The van der Waals surface area contributed by atoms with Crippen molar-refractivity contribution in [2.24, 2.45) is 5.92 Å². The fourth-order valence-corrected chi connectivity index (χ4v) is 2.44. The molecule has 1 aliphatic carbocycles. The van der Waals surface area contributed by atoms with Crippen molar-refractivity contribution in [1.29, 1.82) is 0 Å². The highest BCUT2D eigenvalue weighted by Crippen LogP contribution is 2.25. The fraction of sp³-hybridized carbons (Fsp3) is 0.429. The molecule has 6 heteroatoms. The summed E-state index contributed by atoms with van der Waals surface area (Å²) in [6.45, 7) is 2.07. The minimum absolute atomic E-state index is 0.0295. The zero-order valence-corrected chi connectivity index (χ0v) is 11.1. The van der Waals surface area contributed by atoms with E-state index in [9.17, 15) is 14.0 Å². The summed E-state index contributed by atoms with van der Waals surface area (Å²) < 4.78 is 13.7. The number of aromatic carboxylic acids is 1. The van der Waals surface area contributed by atoms with Crippen molar-refractivity contribution in [2.45, 2.75) is 32.2 Å². The number of benzene rings is 1. The maximum atomic E-state index is 13.7. The predicted octanol–water partition coefficient (Wildman–Crippen LogP) is 2.83. The van der Waals surface area contributed by atoms with Crippen LogP contribution in [0.25, 0.3) is 0 Å². The second-order valence-corrected chi connectivity index (χ2v) is 5.11. The monoisotopic (exact) mass is 280 g/mol. The largest absolute Gasteiger partial charge is 0.478 e. The van der Waals surface area contributed by atoms with E-state index < -0.39 is 17.8 Å². The van der Waals surface area contributed by atoms with Gasteiger partial charge < -0.3 is 15.7 Å². The molecule has 2 unspecified atom stereocenters. The van der Waals surface area contributed by atoms with Gasteiger partial charge in [-0.15, -0.1) is 0 Å². The van der Waals surface area contributed by atoms with Crippen LogP contribution in [0.5, 0.6) is 0 Å². The third-order valence-electron chi connectivity index (χ3n) is 3.64. The van der Waals surface area contributed by atoms with Gasteiger partial charge in [-0.05, 0) is 37.0 Å². The number of carbonyl (C=O) groups excluding carboxylic acids is 1. The molecule has 2 atom stereocenters. The van der Waals surface area contributed by atoms with Crippen molar-refractivity contribution in [1.82, 2.24) is 5.32 Å². The molecule has 2 amide bonds. The minimum Gasteiger partial charge on any atom is -0.478 e. The van der Waals surface area contributed by atoms with E-state index in [1.165, 1.54) is 12.1 Å². The maximum Gasteiger partial charge on any atom is 0.335 e. The third-order valence-corrected chi connectivity index (χ3v) is 3.64. The zero-order valence-electron chi connectivity index (χ0n) is 11.1. The van der Waals surface area contributed by atoms with E-state index in [-0.39, 0.29) is 17.3 Å². The van der Waals surface area contributed by atoms with Gasteiger partial charge in [-0.1, -0.05) is 13.3 Å². The Hall–Kier alpha value is -2.11. The molecule has 1 saturated carbocycles. The van der Waals surface area contributed by atoms with E-state index >= 15 is 0 Å². The molecule has 0 saturated heterocycles. The number of urea groups is 1. The van der Waals surface area contributed by atoms with E-state index in [0.717, 1.165) is 25.3 Å². The lowest BCUT2D eigenvalue weighted by molar-refractivity contribution is 0.0696. The Kier molecular flexibility index (Phi) is 4.22. The van der Waals surface area contributed by atoms with E-state index in [1.807, 2.05) is 0 Å². The molecule has 20 heavy (non-hydrogen) atoms. The Morgan fingerprint density at radius 2 is 2.10 bits per heavy atom. The normalized spacial score (nSPS) is 21.5. The van der Waals surface area contributed by atoms with Crippen LogP contribution < -0.4 is 10.6 Å². The topological polar surface area (TPSA) is 78.4 Å². The van der Waals surface area contributed by atoms with Gasteiger partial charge in [0, 0.05) is 6.04 Å². The first-order chi connectivity index (χ1) is 9.47. The van der Waals surface area contributed by atoms with Crippen LogP contribution in [0, 0.1) is 11.7 Å². The van der Waals surface area contributed by atoms with Gasteiger partial charge in [-0.3, -0.25) is 0 Å². The summed E-state index contributed by atoms with van der Waals surface area (Å²) in [6.07, 6.45) is 3.08. The SMILES string of the molecule is CC1CCCC1NC(=O)Nc1ccc(C(=O)O)cc1F. The van der Waals surface area contributed by atoms with Crippen LogP contribution in [0.4, 0.5) is 14.9 Å². The third kappa shape index (κ3) is 3.26. The maximum absolute atomic E-state index is 13.7. The van der Waals surface area contributed by atoms with Crippen molar-refractivity contribution in [3.05, 3.63) is 29.6 Å². The highest BCUT2D eigenvalue weighted by Gasteiger charge is 2.24. The fourth-order valence-electron chi connectivity index (χ4n) is 2.44. The lowest BCUT2D eigenvalue weighted by Gasteiger charge is -2.17. The highest BCUT2D eigenvalue weighted by atomic mass is 19.1. The molecule has 2 rings (SSSR count). The molecule has 108 valence electrons. The molecule has 0 spiro atoms. The molecule has 0 aliphatic heterocycles. The molecule has 1 aromatic rings. The number of amides is 2. The lowest BCUT2D eigenvalue weighted by atomic mass is 10.1. The van der Waals surface area contributed by atoms with Gasteiger partial charge in [0.2, 0.25) is 0 Å². The van der Waals surface area contributed by atoms with Crippen LogP contribution in [0.3, 0.4) is 0 Å². The zero-order chi connectivity index (χ0) is 14.7. The Labute approximate surface area is 116 Å². The van der Waals surface area contributed by atoms with Crippen LogP contribution in [0.15, 0.2) is 18.2 Å². The first-order valence-corrected chi connectivity index (χ1v) is 6.57. The summed E-state index contributed by atoms with van der Waals surface area (Å²) in [5, 5.41) is 13.9. The summed E-state index contributed by atoms with van der Waals surface area (Å²) >= 11 is 0. The van der Waals surface area contributed by atoms with Crippen molar-refractivity contribution < 1.29 is 19.1 Å². The molecule has 1 fully saturated rings. The summed E-state index contributed by atoms with van der Waals surface area (Å²) in [5.41, 5.74) is -0.184. The number of carbonyl (C=O) groups is 2. The number of hydrogen-bond acceptors (Lipinski definition) is 2. The number of carboxylic acids is 1. The average molecular weight is 280 g/mol. The summed E-state index contributed by atoms with van der Waals surface area (Å²) in [7, 11) is 0. The van der Waals surface area contributed by atoms with Crippen LogP contribution in [-0.4, -0.2) is 23.1 Å². The number of rotatable bonds is 3. The van der Waals surface area contributed by atoms with Gasteiger partial charge in [0.1, 0.15) is 5.82 Å². The number of carboxylic acid groups (broad SMARTS) is 1. The van der Waals surface area contributed by atoms with E-state index in [1.54, 1.807) is 0 Å². The molecule has 0 bridgehead atoms. The van der Waals surface area contributed by atoms with Gasteiger partial charge in [-0.2, -0.15) is 0 Å². The molecule has 1 aliphatic rings. The minimum atomic E-state index is -1.21. The van der Waals surface area contributed by atoms with Crippen LogP contribution in [-0.2, 0) is 0 Å².